The number of halogens is 2. The summed E-state index contributed by atoms with van der Waals surface area (Å²) in [6.07, 6.45) is 2.07. The average Bonchev–Trinajstić information content (AvgIpc) is 2.21. The summed E-state index contributed by atoms with van der Waals surface area (Å²) in [5.41, 5.74) is 7.20. The van der Waals surface area contributed by atoms with Crippen LogP contribution in [0.2, 0.25) is 0 Å². The lowest BCUT2D eigenvalue weighted by molar-refractivity contribution is 0.333. The van der Waals surface area contributed by atoms with Crippen molar-refractivity contribution < 1.29 is 4.74 Å². The maximum Gasteiger partial charge on any atom is 0.124 e. The summed E-state index contributed by atoms with van der Waals surface area (Å²) < 4.78 is 6.61. The topological polar surface area (TPSA) is 35.2 Å². The first-order chi connectivity index (χ1) is 7.19. The molecule has 4 heteroatoms. The molecule has 1 rings (SSSR count). The highest BCUT2D eigenvalue weighted by Crippen LogP contribution is 2.29. The van der Waals surface area contributed by atoms with Crippen molar-refractivity contribution in [1.82, 2.24) is 0 Å². The Morgan fingerprint density at radius 1 is 1.38 bits per heavy atom. The van der Waals surface area contributed by atoms with Gasteiger partial charge in [-0.15, -0.1) is 12.4 Å². The molecule has 0 unspecified atom stereocenters. The van der Waals surface area contributed by atoms with Crippen LogP contribution >= 0.6 is 28.3 Å². The van der Waals surface area contributed by atoms with Gasteiger partial charge in [0, 0.05) is 16.1 Å². The van der Waals surface area contributed by atoms with Gasteiger partial charge in [0.1, 0.15) is 5.75 Å². The lowest BCUT2D eigenvalue weighted by Crippen LogP contribution is -2.11. The molecule has 0 heterocycles. The van der Waals surface area contributed by atoms with E-state index in [1.54, 1.807) is 0 Å². The van der Waals surface area contributed by atoms with Crippen LogP contribution in [0.5, 0.6) is 5.75 Å². The minimum absolute atomic E-state index is 0. The highest BCUT2D eigenvalue weighted by Gasteiger charge is 2.11. The van der Waals surface area contributed by atoms with Gasteiger partial charge in [-0.1, -0.05) is 29.3 Å². The first-order valence-corrected chi connectivity index (χ1v) is 6.16. The van der Waals surface area contributed by atoms with Gasteiger partial charge in [-0.3, -0.25) is 0 Å². The normalized spacial score (nSPS) is 11.8. The van der Waals surface area contributed by atoms with Crippen LogP contribution in [0.1, 0.15) is 38.3 Å². The molecule has 0 aromatic heterocycles. The summed E-state index contributed by atoms with van der Waals surface area (Å²) in [5.74, 6) is 0.904. The highest BCUT2D eigenvalue weighted by molar-refractivity contribution is 9.10. The Bertz CT molecular complexity index is 320. The van der Waals surface area contributed by atoms with E-state index in [9.17, 15) is 0 Å². The molecule has 1 aromatic rings. The predicted octanol–water partition coefficient (Wildman–Crippen LogP) is 4.07. The number of nitrogens with two attached hydrogens (primary N) is 1. The molecule has 0 spiro atoms. The molecule has 2 N–H and O–H groups in total. The van der Waals surface area contributed by atoms with Crippen LogP contribution in [0.3, 0.4) is 0 Å². The van der Waals surface area contributed by atoms with Gasteiger partial charge in [0.05, 0.1) is 6.61 Å². The van der Waals surface area contributed by atoms with Crippen LogP contribution in [0.4, 0.5) is 0 Å². The van der Waals surface area contributed by atoms with Crippen molar-refractivity contribution in [2.45, 2.75) is 32.7 Å². The summed E-state index contributed by atoms with van der Waals surface area (Å²) in [7, 11) is 0. The summed E-state index contributed by atoms with van der Waals surface area (Å²) in [5, 5.41) is 0. The zero-order chi connectivity index (χ0) is 11.3. The smallest absolute Gasteiger partial charge is 0.124 e. The van der Waals surface area contributed by atoms with Crippen LogP contribution in [-0.4, -0.2) is 6.61 Å². The van der Waals surface area contributed by atoms with Crippen molar-refractivity contribution in [2.24, 2.45) is 5.73 Å². The van der Waals surface area contributed by atoms with Gasteiger partial charge in [-0.2, -0.15) is 0 Å². The zero-order valence-corrected chi connectivity index (χ0v) is 12.1. The molecule has 0 amide bonds. The van der Waals surface area contributed by atoms with Crippen molar-refractivity contribution >= 4 is 28.3 Å². The molecular formula is C12H19BrClNO. The Kier molecular flexibility index (Phi) is 7.81. The van der Waals surface area contributed by atoms with Gasteiger partial charge in [-0.05, 0) is 31.5 Å². The second-order valence-corrected chi connectivity index (χ2v) is 4.43. The monoisotopic (exact) mass is 307 g/mol. The minimum Gasteiger partial charge on any atom is -0.494 e. The van der Waals surface area contributed by atoms with Crippen molar-refractivity contribution in [2.75, 3.05) is 6.61 Å². The highest BCUT2D eigenvalue weighted by atomic mass is 79.9. The number of rotatable bonds is 5. The Morgan fingerprint density at radius 3 is 2.62 bits per heavy atom. The second-order valence-electron chi connectivity index (χ2n) is 3.51. The van der Waals surface area contributed by atoms with Gasteiger partial charge in [0.25, 0.3) is 0 Å². The Balaban J connectivity index is 0.00000225. The summed E-state index contributed by atoms with van der Waals surface area (Å²) in [4.78, 5) is 0. The maximum absolute atomic E-state index is 6.10. The van der Waals surface area contributed by atoms with E-state index in [2.05, 4.69) is 22.9 Å². The molecule has 2 nitrogen and oxygen atoms in total. The molecule has 0 bridgehead atoms. The Labute approximate surface area is 112 Å². The molecule has 0 aliphatic heterocycles. The van der Waals surface area contributed by atoms with E-state index in [1.165, 1.54) is 0 Å². The van der Waals surface area contributed by atoms with E-state index < -0.39 is 0 Å². The molecule has 1 aromatic carbocycles. The standard InChI is InChI=1S/C12H18BrNO.ClH/c1-3-5-11(14)10-8-9(13)6-7-12(10)15-4-2;/h6-8,11H,3-5,14H2,1-2H3;1H/t11-;/m0./s1. The fourth-order valence-electron chi connectivity index (χ4n) is 1.56. The van der Waals surface area contributed by atoms with E-state index >= 15 is 0 Å². The fraction of sp³-hybridized carbons (Fsp3) is 0.500. The van der Waals surface area contributed by atoms with Crippen LogP contribution in [0, 0.1) is 0 Å². The van der Waals surface area contributed by atoms with E-state index in [0.29, 0.717) is 6.61 Å². The number of benzene rings is 1. The van der Waals surface area contributed by atoms with Crippen LogP contribution < -0.4 is 10.5 Å². The summed E-state index contributed by atoms with van der Waals surface area (Å²) >= 11 is 3.46. The molecule has 92 valence electrons. The lowest BCUT2D eigenvalue weighted by atomic mass is 10.0. The largest absolute Gasteiger partial charge is 0.494 e. The van der Waals surface area contributed by atoms with Crippen molar-refractivity contribution in [3.63, 3.8) is 0 Å². The summed E-state index contributed by atoms with van der Waals surface area (Å²) in [6.45, 7) is 4.79. The quantitative estimate of drug-likeness (QED) is 0.890. The molecular weight excluding hydrogens is 289 g/mol. The lowest BCUT2D eigenvalue weighted by Gasteiger charge is -2.16. The minimum atomic E-state index is 0. The predicted molar refractivity (Wildman–Crippen MR) is 74.4 cm³/mol. The third-order valence-electron chi connectivity index (χ3n) is 2.27. The number of hydrogen-bond acceptors (Lipinski definition) is 2. The van der Waals surface area contributed by atoms with Crippen molar-refractivity contribution in [3.05, 3.63) is 28.2 Å². The molecule has 0 saturated carbocycles. The van der Waals surface area contributed by atoms with Gasteiger partial charge < -0.3 is 10.5 Å². The van der Waals surface area contributed by atoms with Crippen LogP contribution in [0.25, 0.3) is 0 Å². The number of ether oxygens (including phenoxy) is 1. The Morgan fingerprint density at radius 2 is 2.06 bits per heavy atom. The van der Waals surface area contributed by atoms with Gasteiger partial charge in [-0.25, -0.2) is 0 Å². The van der Waals surface area contributed by atoms with E-state index in [-0.39, 0.29) is 18.4 Å². The summed E-state index contributed by atoms with van der Waals surface area (Å²) in [6, 6.07) is 6.06. The van der Waals surface area contributed by atoms with Crippen molar-refractivity contribution in [1.29, 1.82) is 0 Å². The second kappa shape index (κ2) is 7.93. The first-order valence-electron chi connectivity index (χ1n) is 5.36. The molecule has 0 saturated heterocycles. The van der Waals surface area contributed by atoms with E-state index in [0.717, 1.165) is 28.6 Å². The van der Waals surface area contributed by atoms with E-state index in [1.807, 2.05) is 25.1 Å². The van der Waals surface area contributed by atoms with Crippen molar-refractivity contribution in [3.8, 4) is 5.75 Å². The molecule has 1 atom stereocenters. The maximum atomic E-state index is 6.10. The third kappa shape index (κ3) is 4.32. The molecule has 0 radical (unpaired) electrons. The van der Waals surface area contributed by atoms with E-state index in [4.69, 9.17) is 10.5 Å². The molecule has 0 fully saturated rings. The SMILES string of the molecule is CCC[C@H](N)c1cc(Br)ccc1OCC.Cl. The fourth-order valence-corrected chi connectivity index (χ4v) is 1.94. The van der Waals surface area contributed by atoms with Gasteiger partial charge in [0.15, 0.2) is 0 Å². The number of hydrogen-bond donors (Lipinski definition) is 1. The average molecular weight is 309 g/mol. The zero-order valence-electron chi connectivity index (χ0n) is 9.70. The van der Waals surface area contributed by atoms with Gasteiger partial charge in [0.2, 0.25) is 0 Å². The van der Waals surface area contributed by atoms with Crippen LogP contribution in [0.15, 0.2) is 22.7 Å². The molecule has 0 aliphatic rings. The molecule has 0 aliphatic carbocycles. The van der Waals surface area contributed by atoms with Crippen LogP contribution in [-0.2, 0) is 0 Å². The molecule has 16 heavy (non-hydrogen) atoms. The Hall–Kier alpha value is -0.250. The van der Waals surface area contributed by atoms with Gasteiger partial charge >= 0.3 is 0 Å². The first kappa shape index (κ1) is 15.8. The third-order valence-corrected chi connectivity index (χ3v) is 2.76.